The summed E-state index contributed by atoms with van der Waals surface area (Å²) in [6.45, 7) is 8.64. The zero-order valence-corrected chi connectivity index (χ0v) is 14.4. The van der Waals surface area contributed by atoms with E-state index in [4.69, 9.17) is 0 Å². The van der Waals surface area contributed by atoms with E-state index in [1.54, 1.807) is 0 Å². The first-order valence-electron chi connectivity index (χ1n) is 8.44. The van der Waals surface area contributed by atoms with Gasteiger partial charge < -0.3 is 5.32 Å². The molecule has 3 aliphatic rings. The molecule has 4 nitrogen and oxygen atoms in total. The lowest BCUT2D eigenvalue weighted by Gasteiger charge is -2.43. The Bertz CT molecular complexity index is 492. The molecule has 2 aliphatic carbocycles. The Morgan fingerprint density at radius 3 is 2.57 bits per heavy atom. The van der Waals surface area contributed by atoms with E-state index in [0.29, 0.717) is 5.92 Å². The second-order valence-electron chi connectivity index (χ2n) is 8.46. The van der Waals surface area contributed by atoms with Gasteiger partial charge in [0.2, 0.25) is 10.0 Å². The van der Waals surface area contributed by atoms with E-state index in [-0.39, 0.29) is 28.5 Å². The standard InChI is InChI=1S/C16H30N2O2S/c1-15(2)13-6-7-16(3,9-13)14(15)18-21(19,20)11-12-5-4-8-17-10-12/h12-14,17-18H,4-11H2,1-3H3. The van der Waals surface area contributed by atoms with Crippen LogP contribution < -0.4 is 10.0 Å². The monoisotopic (exact) mass is 314 g/mol. The second-order valence-corrected chi connectivity index (χ2v) is 10.3. The van der Waals surface area contributed by atoms with Gasteiger partial charge in [-0.15, -0.1) is 0 Å². The van der Waals surface area contributed by atoms with Crippen molar-refractivity contribution in [3.05, 3.63) is 0 Å². The van der Waals surface area contributed by atoms with Crippen LogP contribution in [0.1, 0.15) is 52.9 Å². The first kappa shape index (κ1) is 15.8. The van der Waals surface area contributed by atoms with Crippen LogP contribution >= 0.6 is 0 Å². The molecule has 0 radical (unpaired) electrons. The van der Waals surface area contributed by atoms with Crippen LogP contribution in [-0.2, 0) is 10.0 Å². The van der Waals surface area contributed by atoms with Gasteiger partial charge in [0.15, 0.2) is 0 Å². The summed E-state index contributed by atoms with van der Waals surface area (Å²) in [5, 5.41) is 3.31. The Balaban J connectivity index is 1.70. The van der Waals surface area contributed by atoms with Crippen molar-refractivity contribution >= 4 is 10.0 Å². The largest absolute Gasteiger partial charge is 0.316 e. The number of sulfonamides is 1. The molecule has 3 fully saturated rings. The molecule has 1 saturated heterocycles. The van der Waals surface area contributed by atoms with E-state index >= 15 is 0 Å². The quantitative estimate of drug-likeness (QED) is 0.835. The van der Waals surface area contributed by atoms with Gasteiger partial charge in [-0.25, -0.2) is 13.1 Å². The third-order valence-corrected chi connectivity index (χ3v) is 7.93. The van der Waals surface area contributed by atoms with Crippen LogP contribution in [0.15, 0.2) is 0 Å². The second kappa shape index (κ2) is 5.20. The van der Waals surface area contributed by atoms with Crippen LogP contribution in [0.2, 0.25) is 0 Å². The van der Waals surface area contributed by atoms with Crippen molar-refractivity contribution in [1.82, 2.24) is 10.0 Å². The molecule has 21 heavy (non-hydrogen) atoms. The van der Waals surface area contributed by atoms with Gasteiger partial charge in [0.25, 0.3) is 0 Å². The molecule has 5 heteroatoms. The molecular weight excluding hydrogens is 284 g/mol. The number of piperidine rings is 1. The van der Waals surface area contributed by atoms with Crippen molar-refractivity contribution in [1.29, 1.82) is 0 Å². The van der Waals surface area contributed by atoms with Gasteiger partial charge in [0.1, 0.15) is 0 Å². The molecule has 2 saturated carbocycles. The van der Waals surface area contributed by atoms with E-state index < -0.39 is 10.0 Å². The average molecular weight is 314 g/mol. The van der Waals surface area contributed by atoms with Crippen molar-refractivity contribution in [2.75, 3.05) is 18.8 Å². The Morgan fingerprint density at radius 2 is 2.00 bits per heavy atom. The highest BCUT2D eigenvalue weighted by atomic mass is 32.2. The molecule has 4 atom stereocenters. The van der Waals surface area contributed by atoms with Gasteiger partial charge in [-0.05, 0) is 67.9 Å². The van der Waals surface area contributed by atoms with Crippen LogP contribution in [0, 0.1) is 22.7 Å². The molecule has 0 amide bonds. The predicted molar refractivity (Wildman–Crippen MR) is 85.5 cm³/mol. The average Bonchev–Trinajstić information content (AvgIpc) is 2.87. The molecule has 122 valence electrons. The van der Waals surface area contributed by atoms with Crippen molar-refractivity contribution in [2.45, 2.75) is 58.9 Å². The lowest BCUT2D eigenvalue weighted by Crippen LogP contribution is -2.53. The number of fused-ring (bicyclic) bond motifs is 2. The van der Waals surface area contributed by atoms with Crippen LogP contribution in [0.25, 0.3) is 0 Å². The maximum Gasteiger partial charge on any atom is 0.212 e. The van der Waals surface area contributed by atoms with Gasteiger partial charge in [-0.2, -0.15) is 0 Å². The number of hydrogen-bond acceptors (Lipinski definition) is 3. The van der Waals surface area contributed by atoms with Crippen LogP contribution in [0.3, 0.4) is 0 Å². The van der Waals surface area contributed by atoms with Gasteiger partial charge in [-0.3, -0.25) is 0 Å². The van der Waals surface area contributed by atoms with E-state index in [1.807, 2.05) is 0 Å². The third kappa shape index (κ3) is 2.89. The normalized spacial score (nSPS) is 42.3. The van der Waals surface area contributed by atoms with E-state index in [2.05, 4.69) is 30.8 Å². The minimum atomic E-state index is -3.19. The highest BCUT2D eigenvalue weighted by Gasteiger charge is 2.60. The minimum Gasteiger partial charge on any atom is -0.316 e. The molecular formula is C16H30N2O2S. The van der Waals surface area contributed by atoms with Crippen molar-refractivity contribution in [2.24, 2.45) is 22.7 Å². The molecule has 0 spiro atoms. The summed E-state index contributed by atoms with van der Waals surface area (Å²) in [7, 11) is -3.19. The number of nitrogens with one attached hydrogen (secondary N) is 2. The first-order valence-corrected chi connectivity index (χ1v) is 10.1. The summed E-state index contributed by atoms with van der Waals surface area (Å²) in [6, 6.07) is 0.102. The maximum absolute atomic E-state index is 12.6. The SMILES string of the molecule is CC12CCC(C1)C(C)(C)C2NS(=O)(=O)CC1CCCNC1. The molecule has 4 unspecified atom stereocenters. The summed E-state index contributed by atoms with van der Waals surface area (Å²) >= 11 is 0. The fourth-order valence-corrected chi connectivity index (χ4v) is 7.15. The maximum atomic E-state index is 12.6. The molecule has 0 aromatic rings. The van der Waals surface area contributed by atoms with E-state index in [1.165, 1.54) is 19.3 Å². The highest BCUT2D eigenvalue weighted by molar-refractivity contribution is 7.89. The van der Waals surface area contributed by atoms with Crippen LogP contribution in [0.4, 0.5) is 0 Å². The van der Waals surface area contributed by atoms with Crippen molar-refractivity contribution in [3.63, 3.8) is 0 Å². The zero-order valence-electron chi connectivity index (χ0n) is 13.6. The minimum absolute atomic E-state index is 0.0882. The number of hydrogen-bond donors (Lipinski definition) is 2. The van der Waals surface area contributed by atoms with Crippen LogP contribution in [-0.4, -0.2) is 33.3 Å². The summed E-state index contributed by atoms with van der Waals surface area (Å²) in [6.07, 6.45) is 5.72. The first-order chi connectivity index (χ1) is 9.73. The lowest BCUT2D eigenvalue weighted by molar-refractivity contribution is 0.127. The van der Waals surface area contributed by atoms with Crippen LogP contribution in [0.5, 0.6) is 0 Å². The Kier molecular flexibility index (Phi) is 3.90. The summed E-state index contributed by atoms with van der Waals surface area (Å²) in [5.41, 5.74) is 0.247. The fourth-order valence-electron chi connectivity index (χ4n) is 5.20. The smallest absolute Gasteiger partial charge is 0.212 e. The summed E-state index contributed by atoms with van der Waals surface area (Å²) < 4.78 is 28.4. The molecule has 0 aromatic carbocycles. The molecule has 2 N–H and O–H groups in total. The lowest BCUT2D eigenvalue weighted by atomic mass is 9.69. The Morgan fingerprint density at radius 1 is 1.24 bits per heavy atom. The summed E-state index contributed by atoms with van der Waals surface area (Å²) in [4.78, 5) is 0. The fraction of sp³-hybridized carbons (Fsp3) is 1.00. The van der Waals surface area contributed by atoms with E-state index in [9.17, 15) is 8.42 Å². The number of rotatable bonds is 4. The van der Waals surface area contributed by atoms with Gasteiger partial charge in [-0.1, -0.05) is 20.8 Å². The predicted octanol–water partition coefficient (Wildman–Crippen LogP) is 2.12. The van der Waals surface area contributed by atoms with Gasteiger partial charge >= 0.3 is 0 Å². The van der Waals surface area contributed by atoms with E-state index in [0.717, 1.165) is 25.9 Å². The molecule has 1 heterocycles. The van der Waals surface area contributed by atoms with Crippen molar-refractivity contribution in [3.8, 4) is 0 Å². The Hall–Kier alpha value is -0.130. The molecule has 0 aromatic heterocycles. The molecule has 3 rings (SSSR count). The van der Waals surface area contributed by atoms with Gasteiger partial charge in [0, 0.05) is 6.04 Å². The Labute approximate surface area is 129 Å². The topological polar surface area (TPSA) is 58.2 Å². The third-order valence-electron chi connectivity index (χ3n) is 6.42. The van der Waals surface area contributed by atoms with Crippen molar-refractivity contribution < 1.29 is 8.42 Å². The summed E-state index contributed by atoms with van der Waals surface area (Å²) in [5.74, 6) is 1.23. The molecule has 1 aliphatic heterocycles. The van der Waals surface area contributed by atoms with Gasteiger partial charge in [0.05, 0.1) is 5.75 Å². The zero-order chi connectivity index (χ0) is 15.3. The highest BCUT2D eigenvalue weighted by Crippen LogP contribution is 2.62. The molecule has 2 bridgehead atoms.